The van der Waals surface area contributed by atoms with Crippen LogP contribution in [-0.4, -0.2) is 18.4 Å². The molecule has 0 fully saturated rings. The molecule has 120 valence electrons. The summed E-state index contributed by atoms with van der Waals surface area (Å²) in [5.74, 6) is -1.20. The Kier molecular flexibility index (Phi) is 5.54. The highest BCUT2D eigenvalue weighted by molar-refractivity contribution is 6.30. The molecule has 0 saturated carbocycles. The zero-order valence-electron chi connectivity index (χ0n) is 12.3. The average molecular weight is 336 g/mol. The van der Waals surface area contributed by atoms with Crippen LogP contribution in [-0.2, 0) is 9.59 Å². The van der Waals surface area contributed by atoms with E-state index < -0.39 is 5.82 Å². The van der Waals surface area contributed by atoms with Crippen molar-refractivity contribution in [2.75, 3.05) is 22.5 Å². The van der Waals surface area contributed by atoms with Crippen LogP contribution in [0.4, 0.5) is 21.5 Å². The number of carbonyl (C=O) groups excluding carboxylic acids is 2. The summed E-state index contributed by atoms with van der Waals surface area (Å²) in [6.07, 6.45) is 0. The number of rotatable bonds is 5. The second-order valence-corrected chi connectivity index (χ2v) is 5.22. The smallest absolute Gasteiger partial charge is 0.243 e. The van der Waals surface area contributed by atoms with E-state index in [2.05, 4.69) is 16.0 Å². The molecule has 2 aromatic carbocycles. The quantitative estimate of drug-likeness (QED) is 0.783. The molecule has 0 atom stereocenters. The first kappa shape index (κ1) is 16.8. The molecule has 0 spiro atoms. The third-order valence-electron chi connectivity index (χ3n) is 2.84. The number of hydrogen-bond donors (Lipinski definition) is 3. The fourth-order valence-corrected chi connectivity index (χ4v) is 2.06. The largest absolute Gasteiger partial charge is 0.376 e. The SMILES string of the molecule is CC(=O)Nc1cc(NCC(=O)Nc2cccc(Cl)c2)ccc1F. The Balaban J connectivity index is 1.95. The lowest BCUT2D eigenvalue weighted by Gasteiger charge is -2.10. The monoisotopic (exact) mass is 335 g/mol. The van der Waals surface area contributed by atoms with Crippen molar-refractivity contribution in [2.45, 2.75) is 6.92 Å². The van der Waals surface area contributed by atoms with Gasteiger partial charge in [-0.15, -0.1) is 0 Å². The lowest BCUT2D eigenvalue weighted by atomic mass is 10.2. The fraction of sp³-hybridized carbons (Fsp3) is 0.125. The summed E-state index contributed by atoms with van der Waals surface area (Å²) in [5, 5.41) is 8.44. The van der Waals surface area contributed by atoms with Crippen LogP contribution in [0.2, 0.25) is 5.02 Å². The molecule has 0 aliphatic heterocycles. The number of benzene rings is 2. The van der Waals surface area contributed by atoms with Crippen LogP contribution in [0, 0.1) is 5.82 Å². The highest BCUT2D eigenvalue weighted by Gasteiger charge is 2.07. The molecule has 0 unspecified atom stereocenters. The van der Waals surface area contributed by atoms with E-state index in [1.807, 2.05) is 0 Å². The van der Waals surface area contributed by atoms with Crippen molar-refractivity contribution in [3.05, 3.63) is 53.3 Å². The molecule has 5 nitrogen and oxygen atoms in total. The van der Waals surface area contributed by atoms with E-state index in [0.29, 0.717) is 16.4 Å². The minimum absolute atomic E-state index is 0.0162. The van der Waals surface area contributed by atoms with Crippen LogP contribution in [0.25, 0.3) is 0 Å². The summed E-state index contributed by atoms with van der Waals surface area (Å²) < 4.78 is 13.5. The number of amides is 2. The lowest BCUT2D eigenvalue weighted by molar-refractivity contribution is -0.115. The van der Waals surface area contributed by atoms with Crippen LogP contribution < -0.4 is 16.0 Å². The van der Waals surface area contributed by atoms with Crippen LogP contribution in [0.15, 0.2) is 42.5 Å². The first-order valence-electron chi connectivity index (χ1n) is 6.80. The van der Waals surface area contributed by atoms with Gasteiger partial charge in [-0.25, -0.2) is 4.39 Å². The zero-order chi connectivity index (χ0) is 16.8. The maximum atomic E-state index is 13.5. The maximum absolute atomic E-state index is 13.5. The Hall–Kier alpha value is -2.60. The third-order valence-corrected chi connectivity index (χ3v) is 3.07. The van der Waals surface area contributed by atoms with Crippen molar-refractivity contribution in [2.24, 2.45) is 0 Å². The summed E-state index contributed by atoms with van der Waals surface area (Å²) in [6.45, 7) is 1.27. The van der Waals surface area contributed by atoms with Gasteiger partial charge in [0.1, 0.15) is 5.82 Å². The van der Waals surface area contributed by atoms with Gasteiger partial charge in [-0.05, 0) is 36.4 Å². The Labute approximate surface area is 137 Å². The Morgan fingerprint density at radius 3 is 2.57 bits per heavy atom. The molecule has 2 amide bonds. The number of hydrogen-bond acceptors (Lipinski definition) is 3. The molecule has 7 heteroatoms. The van der Waals surface area contributed by atoms with Crippen molar-refractivity contribution in [1.82, 2.24) is 0 Å². The van der Waals surface area contributed by atoms with Crippen LogP contribution in [0.1, 0.15) is 6.92 Å². The molecule has 0 radical (unpaired) electrons. The van der Waals surface area contributed by atoms with Gasteiger partial charge in [0, 0.05) is 23.3 Å². The Bertz CT molecular complexity index is 737. The van der Waals surface area contributed by atoms with E-state index in [1.165, 1.54) is 25.1 Å². The van der Waals surface area contributed by atoms with Crippen molar-refractivity contribution < 1.29 is 14.0 Å². The molecule has 2 rings (SSSR count). The number of carbonyl (C=O) groups is 2. The predicted molar refractivity (Wildman–Crippen MR) is 89.3 cm³/mol. The topological polar surface area (TPSA) is 70.2 Å². The lowest BCUT2D eigenvalue weighted by Crippen LogP contribution is -2.21. The highest BCUT2D eigenvalue weighted by atomic mass is 35.5. The van der Waals surface area contributed by atoms with Gasteiger partial charge in [-0.3, -0.25) is 9.59 Å². The van der Waals surface area contributed by atoms with E-state index in [0.717, 1.165) is 0 Å². The van der Waals surface area contributed by atoms with Gasteiger partial charge in [0.05, 0.1) is 12.2 Å². The second-order valence-electron chi connectivity index (χ2n) is 4.79. The van der Waals surface area contributed by atoms with Gasteiger partial charge in [0.25, 0.3) is 0 Å². The predicted octanol–water partition coefficient (Wildman–Crippen LogP) is 3.49. The molecular weight excluding hydrogens is 321 g/mol. The number of anilines is 3. The Morgan fingerprint density at radius 1 is 1.09 bits per heavy atom. The zero-order valence-corrected chi connectivity index (χ0v) is 13.1. The first-order valence-corrected chi connectivity index (χ1v) is 7.18. The van der Waals surface area contributed by atoms with E-state index in [1.54, 1.807) is 24.3 Å². The normalized spacial score (nSPS) is 10.0. The van der Waals surface area contributed by atoms with Gasteiger partial charge in [0.15, 0.2) is 0 Å². The van der Waals surface area contributed by atoms with Gasteiger partial charge < -0.3 is 16.0 Å². The van der Waals surface area contributed by atoms with Crippen molar-refractivity contribution in [1.29, 1.82) is 0 Å². The molecule has 0 aliphatic carbocycles. The molecule has 0 bridgehead atoms. The highest BCUT2D eigenvalue weighted by Crippen LogP contribution is 2.19. The van der Waals surface area contributed by atoms with Crippen molar-refractivity contribution >= 4 is 40.5 Å². The summed E-state index contributed by atoms with van der Waals surface area (Å²) in [7, 11) is 0. The fourth-order valence-electron chi connectivity index (χ4n) is 1.87. The van der Waals surface area contributed by atoms with Gasteiger partial charge in [0.2, 0.25) is 11.8 Å². The number of nitrogens with one attached hydrogen (secondary N) is 3. The van der Waals surface area contributed by atoms with E-state index in [9.17, 15) is 14.0 Å². The molecular formula is C16H15ClFN3O2. The number of halogens is 2. The van der Waals surface area contributed by atoms with E-state index in [4.69, 9.17) is 11.6 Å². The van der Waals surface area contributed by atoms with Gasteiger partial charge >= 0.3 is 0 Å². The molecule has 0 heterocycles. The van der Waals surface area contributed by atoms with Crippen LogP contribution in [0.3, 0.4) is 0 Å². The minimum Gasteiger partial charge on any atom is -0.376 e. The van der Waals surface area contributed by atoms with E-state index in [-0.39, 0.29) is 24.0 Å². The molecule has 0 saturated heterocycles. The van der Waals surface area contributed by atoms with Gasteiger partial charge in [-0.2, -0.15) is 0 Å². The molecule has 3 N–H and O–H groups in total. The molecule has 23 heavy (non-hydrogen) atoms. The van der Waals surface area contributed by atoms with Crippen molar-refractivity contribution in [3.8, 4) is 0 Å². The first-order chi connectivity index (χ1) is 10.9. The molecule has 0 aliphatic rings. The van der Waals surface area contributed by atoms with E-state index >= 15 is 0 Å². The Morgan fingerprint density at radius 2 is 1.87 bits per heavy atom. The third kappa shape index (κ3) is 5.27. The van der Waals surface area contributed by atoms with Crippen molar-refractivity contribution in [3.63, 3.8) is 0 Å². The summed E-state index contributed by atoms with van der Waals surface area (Å²) in [5.41, 5.74) is 1.15. The minimum atomic E-state index is -0.547. The van der Waals surface area contributed by atoms with Gasteiger partial charge in [-0.1, -0.05) is 17.7 Å². The second kappa shape index (κ2) is 7.60. The summed E-state index contributed by atoms with van der Waals surface area (Å²) in [4.78, 5) is 22.9. The average Bonchev–Trinajstić information content (AvgIpc) is 2.47. The summed E-state index contributed by atoms with van der Waals surface area (Å²) in [6, 6.07) is 10.9. The van der Waals surface area contributed by atoms with Crippen LogP contribution in [0.5, 0.6) is 0 Å². The van der Waals surface area contributed by atoms with Crippen LogP contribution >= 0.6 is 11.6 Å². The molecule has 2 aromatic rings. The summed E-state index contributed by atoms with van der Waals surface area (Å²) >= 11 is 5.84. The molecule has 0 aromatic heterocycles. The maximum Gasteiger partial charge on any atom is 0.243 e. The standard InChI is InChI=1S/C16H15ClFN3O2/c1-10(22)20-15-8-12(5-6-14(15)18)19-9-16(23)21-13-4-2-3-11(17)7-13/h2-8,19H,9H2,1H3,(H,20,22)(H,21,23).